The Hall–Kier alpha value is -1.43. The van der Waals surface area contributed by atoms with E-state index >= 15 is 0 Å². The van der Waals surface area contributed by atoms with Crippen molar-refractivity contribution in [3.05, 3.63) is 39.4 Å². The third kappa shape index (κ3) is 4.03. The van der Waals surface area contributed by atoms with Crippen LogP contribution < -0.4 is 0 Å². The van der Waals surface area contributed by atoms with Crippen molar-refractivity contribution in [2.24, 2.45) is 0 Å². The molecule has 1 N–H and O–H groups in total. The lowest BCUT2D eigenvalue weighted by Crippen LogP contribution is -2.15. The van der Waals surface area contributed by atoms with Crippen LogP contribution >= 0.6 is 15.9 Å². The van der Waals surface area contributed by atoms with Gasteiger partial charge in [-0.1, -0.05) is 47.3 Å². The van der Waals surface area contributed by atoms with Crippen molar-refractivity contribution in [2.75, 3.05) is 0 Å². The average molecular weight is 356 g/mol. The summed E-state index contributed by atoms with van der Waals surface area (Å²) in [6.07, 6.45) is 5.66. The maximum atomic E-state index is 11.3. The van der Waals surface area contributed by atoms with Crippen molar-refractivity contribution in [3.63, 3.8) is 0 Å². The van der Waals surface area contributed by atoms with Gasteiger partial charge in [0.25, 0.3) is 5.69 Å². The minimum atomic E-state index is -0.964. The summed E-state index contributed by atoms with van der Waals surface area (Å²) < 4.78 is 0. The molecule has 1 unspecified atom stereocenters. The van der Waals surface area contributed by atoms with E-state index in [0.717, 1.165) is 31.2 Å². The number of nitrogens with zero attached hydrogens (tertiary/aromatic N) is 1. The van der Waals surface area contributed by atoms with Gasteiger partial charge in [-0.25, -0.2) is 0 Å². The van der Waals surface area contributed by atoms with E-state index in [1.165, 1.54) is 12.5 Å². The van der Waals surface area contributed by atoms with Gasteiger partial charge in [0.1, 0.15) is 4.83 Å². The number of carboxylic acid groups (broad SMARTS) is 1. The third-order valence-electron chi connectivity index (χ3n) is 4.02. The highest BCUT2D eigenvalue weighted by atomic mass is 79.9. The Bertz CT molecular complexity index is 540. The number of alkyl halides is 1. The largest absolute Gasteiger partial charge is 0.480 e. The Labute approximate surface area is 131 Å². The lowest BCUT2D eigenvalue weighted by atomic mass is 9.83. The Balaban J connectivity index is 2.26. The maximum absolute atomic E-state index is 11.3. The zero-order chi connectivity index (χ0) is 15.4. The number of halogens is 1. The number of carboxylic acids is 1. The predicted octanol–water partition coefficient (Wildman–Crippen LogP) is 4.03. The van der Waals surface area contributed by atoms with Crippen LogP contribution in [-0.2, 0) is 11.2 Å². The first-order chi connectivity index (χ1) is 9.99. The number of aliphatic carboxylic acids is 1. The highest BCUT2D eigenvalue weighted by Crippen LogP contribution is 2.37. The van der Waals surface area contributed by atoms with Crippen molar-refractivity contribution in [1.29, 1.82) is 0 Å². The van der Waals surface area contributed by atoms with E-state index in [4.69, 9.17) is 5.11 Å². The second-order valence-corrected chi connectivity index (χ2v) is 6.60. The number of carbonyl (C=O) groups is 1. The van der Waals surface area contributed by atoms with Crippen LogP contribution in [0.4, 0.5) is 5.69 Å². The van der Waals surface area contributed by atoms with Crippen LogP contribution in [0.15, 0.2) is 18.2 Å². The highest BCUT2D eigenvalue weighted by molar-refractivity contribution is 9.10. The molecule has 1 aromatic carbocycles. The van der Waals surface area contributed by atoms with E-state index in [1.54, 1.807) is 0 Å². The fourth-order valence-corrected chi connectivity index (χ4v) is 3.30. The minimum absolute atomic E-state index is 0.129. The van der Waals surface area contributed by atoms with Gasteiger partial charge in [-0.05, 0) is 30.7 Å². The van der Waals surface area contributed by atoms with E-state index < -0.39 is 10.8 Å². The van der Waals surface area contributed by atoms with Crippen molar-refractivity contribution in [2.45, 2.75) is 49.3 Å². The fourth-order valence-electron chi connectivity index (χ4n) is 2.93. The molecule has 0 aromatic heterocycles. The quantitative estimate of drug-likeness (QED) is 0.491. The van der Waals surface area contributed by atoms with Gasteiger partial charge in [-0.2, -0.15) is 0 Å². The van der Waals surface area contributed by atoms with Gasteiger partial charge in [0.15, 0.2) is 0 Å². The molecule has 1 saturated carbocycles. The molecule has 1 atom stereocenters. The van der Waals surface area contributed by atoms with E-state index in [1.807, 2.05) is 12.1 Å². The number of nitro benzene ring substituents is 1. The summed E-state index contributed by atoms with van der Waals surface area (Å²) in [4.78, 5) is 21.1. The Morgan fingerprint density at radius 2 is 2.05 bits per heavy atom. The molecule has 1 aliphatic carbocycles. The van der Waals surface area contributed by atoms with Gasteiger partial charge < -0.3 is 5.11 Å². The molecule has 0 spiro atoms. The number of rotatable bonds is 5. The summed E-state index contributed by atoms with van der Waals surface area (Å²) >= 11 is 3.07. The number of nitro groups is 1. The first-order valence-electron chi connectivity index (χ1n) is 7.13. The zero-order valence-corrected chi connectivity index (χ0v) is 13.2. The fraction of sp³-hybridized carbons (Fsp3) is 0.533. The molecule has 0 aliphatic heterocycles. The van der Waals surface area contributed by atoms with Crippen LogP contribution in [0.5, 0.6) is 0 Å². The van der Waals surface area contributed by atoms with Crippen LogP contribution in [-0.4, -0.2) is 20.8 Å². The van der Waals surface area contributed by atoms with Gasteiger partial charge >= 0.3 is 5.97 Å². The van der Waals surface area contributed by atoms with Crippen LogP contribution in [0.3, 0.4) is 0 Å². The SMILES string of the molecule is O=C(O)C(Br)Cc1ccc(C2CCCCC2)c([N+](=O)[O-])c1. The van der Waals surface area contributed by atoms with Gasteiger partial charge in [0.2, 0.25) is 0 Å². The second kappa shape index (κ2) is 7.02. The Kier molecular flexibility index (Phi) is 5.33. The molecule has 5 nitrogen and oxygen atoms in total. The minimum Gasteiger partial charge on any atom is -0.480 e. The first kappa shape index (κ1) is 15.9. The molecule has 1 aromatic rings. The van der Waals surface area contributed by atoms with Crippen LogP contribution in [0.25, 0.3) is 0 Å². The Morgan fingerprint density at radius 3 is 2.62 bits per heavy atom. The molecule has 0 saturated heterocycles. The Morgan fingerprint density at radius 1 is 1.38 bits per heavy atom. The van der Waals surface area contributed by atoms with Crippen molar-refractivity contribution >= 4 is 27.6 Å². The number of hydrogen-bond acceptors (Lipinski definition) is 3. The third-order valence-corrected chi connectivity index (χ3v) is 4.73. The molecule has 2 rings (SSSR count). The van der Waals surface area contributed by atoms with Gasteiger partial charge in [-0.15, -0.1) is 0 Å². The van der Waals surface area contributed by atoms with Crippen LogP contribution in [0.1, 0.15) is 49.1 Å². The molecule has 1 aliphatic rings. The molecular weight excluding hydrogens is 338 g/mol. The van der Waals surface area contributed by atoms with Crippen molar-refractivity contribution < 1.29 is 14.8 Å². The summed E-state index contributed by atoms with van der Waals surface area (Å²) in [7, 11) is 0. The first-order valence-corrected chi connectivity index (χ1v) is 8.04. The molecule has 0 heterocycles. The van der Waals surface area contributed by atoms with Gasteiger partial charge in [-0.3, -0.25) is 14.9 Å². The molecule has 21 heavy (non-hydrogen) atoms. The number of benzene rings is 1. The molecule has 0 radical (unpaired) electrons. The van der Waals surface area contributed by atoms with Crippen LogP contribution in [0, 0.1) is 10.1 Å². The molecule has 0 amide bonds. The van der Waals surface area contributed by atoms with E-state index in [2.05, 4.69) is 15.9 Å². The van der Waals surface area contributed by atoms with E-state index in [-0.39, 0.29) is 22.9 Å². The predicted molar refractivity (Wildman–Crippen MR) is 83.0 cm³/mol. The van der Waals surface area contributed by atoms with Crippen LogP contribution in [0.2, 0.25) is 0 Å². The zero-order valence-electron chi connectivity index (χ0n) is 11.6. The molecule has 0 bridgehead atoms. The molecule has 114 valence electrons. The summed E-state index contributed by atoms with van der Waals surface area (Å²) in [5.74, 6) is -0.707. The number of hydrogen-bond donors (Lipinski definition) is 1. The highest BCUT2D eigenvalue weighted by Gasteiger charge is 2.25. The standard InChI is InChI=1S/C15H18BrNO4/c16-13(15(18)19)8-10-6-7-12(14(9-10)17(20)21)11-4-2-1-3-5-11/h6-7,9,11,13H,1-5,8H2,(H,18,19). The lowest BCUT2D eigenvalue weighted by Gasteiger charge is -2.22. The molecule has 1 fully saturated rings. The van der Waals surface area contributed by atoms with Crippen molar-refractivity contribution in [1.82, 2.24) is 0 Å². The lowest BCUT2D eigenvalue weighted by molar-refractivity contribution is -0.385. The maximum Gasteiger partial charge on any atom is 0.317 e. The smallest absolute Gasteiger partial charge is 0.317 e. The van der Waals surface area contributed by atoms with Gasteiger partial charge in [0, 0.05) is 11.6 Å². The second-order valence-electron chi connectivity index (χ2n) is 5.50. The normalized spacial score (nSPS) is 17.4. The summed E-state index contributed by atoms with van der Waals surface area (Å²) in [5, 5.41) is 20.2. The van der Waals surface area contributed by atoms with Gasteiger partial charge in [0.05, 0.1) is 4.92 Å². The molecular formula is C15H18BrNO4. The van der Waals surface area contributed by atoms with Crippen molar-refractivity contribution in [3.8, 4) is 0 Å². The monoisotopic (exact) mass is 355 g/mol. The molecule has 6 heteroatoms. The van der Waals surface area contributed by atoms with E-state index in [9.17, 15) is 14.9 Å². The topological polar surface area (TPSA) is 80.4 Å². The summed E-state index contributed by atoms with van der Waals surface area (Å²) in [6, 6.07) is 5.15. The van der Waals surface area contributed by atoms with E-state index in [0.29, 0.717) is 5.56 Å². The summed E-state index contributed by atoms with van der Waals surface area (Å²) in [6.45, 7) is 0. The average Bonchev–Trinajstić information content (AvgIpc) is 2.47. The summed E-state index contributed by atoms with van der Waals surface area (Å²) in [5.41, 5.74) is 1.60.